The van der Waals surface area contributed by atoms with Crippen LogP contribution >= 0.6 is 0 Å². The molecule has 2 nitrogen and oxygen atoms in total. The van der Waals surface area contributed by atoms with Gasteiger partial charge >= 0.3 is 0 Å². The van der Waals surface area contributed by atoms with E-state index >= 15 is 0 Å². The molecule has 46 valence electrons. The van der Waals surface area contributed by atoms with Crippen LogP contribution in [0.3, 0.4) is 0 Å². The Kier molecular flexibility index (Phi) is 5.73. The van der Waals surface area contributed by atoms with E-state index < -0.39 is 0 Å². The third kappa shape index (κ3) is 4.51. The average Bonchev–Trinajstić information content (AvgIpc) is 1.68. The first kappa shape index (κ1) is 8.35. The van der Waals surface area contributed by atoms with Crippen molar-refractivity contribution >= 4 is 19.5 Å². The minimum absolute atomic E-state index is 0.574. The second-order valence-corrected chi connectivity index (χ2v) is 4.96. The van der Waals surface area contributed by atoms with Crippen molar-refractivity contribution in [2.75, 3.05) is 14.2 Å². The first-order valence-electron chi connectivity index (χ1n) is 2.38. The first-order chi connectivity index (χ1) is 3.81. The molecule has 0 unspecified atom stereocenters. The van der Waals surface area contributed by atoms with E-state index in [0.29, 0.717) is 24.7 Å². The summed E-state index contributed by atoms with van der Waals surface area (Å²) >= 11 is 0. The van der Waals surface area contributed by atoms with Crippen LogP contribution in [0.5, 0.6) is 0 Å². The quantitative estimate of drug-likeness (QED) is 0.531. The second-order valence-electron chi connectivity index (χ2n) is 1.37. The molecular formula is C4H10O2Si2. The van der Waals surface area contributed by atoms with Gasteiger partial charge in [-0.3, -0.25) is 0 Å². The van der Waals surface area contributed by atoms with Crippen LogP contribution in [0.15, 0.2) is 0 Å². The van der Waals surface area contributed by atoms with Gasteiger partial charge in [0.1, 0.15) is 0 Å². The minimum atomic E-state index is 0.574. The smallest absolute Gasteiger partial charge is 0.231 e. The molecule has 0 aliphatic carbocycles. The molecule has 0 saturated heterocycles. The highest BCUT2D eigenvalue weighted by atomic mass is 28.3. The van der Waals surface area contributed by atoms with Crippen molar-refractivity contribution in [3.05, 3.63) is 0 Å². The van der Waals surface area contributed by atoms with Gasteiger partial charge in [-0.2, -0.15) is 0 Å². The van der Waals surface area contributed by atoms with Crippen molar-refractivity contribution in [2.45, 2.75) is 12.1 Å². The Morgan fingerprint density at radius 1 is 1.12 bits per heavy atom. The zero-order valence-electron chi connectivity index (χ0n) is 5.39. The molecule has 4 heteroatoms. The Balaban J connectivity index is 2.92. The Bertz CT molecular complexity index is 45.3. The average molecular weight is 146 g/mol. The van der Waals surface area contributed by atoms with E-state index in [2.05, 4.69) is 6.92 Å². The van der Waals surface area contributed by atoms with Gasteiger partial charge in [-0.05, 0) is 5.16 Å². The lowest BCUT2D eigenvalue weighted by Gasteiger charge is -2.01. The maximum absolute atomic E-state index is 4.91. The molecule has 0 spiro atoms. The molecule has 0 aliphatic rings. The van der Waals surface area contributed by atoms with Crippen LogP contribution < -0.4 is 0 Å². The molecule has 0 aromatic carbocycles. The van der Waals surface area contributed by atoms with Crippen LogP contribution in [0.4, 0.5) is 0 Å². The lowest BCUT2D eigenvalue weighted by Crippen LogP contribution is -2.11. The summed E-state index contributed by atoms with van der Waals surface area (Å²) in [6.07, 6.45) is 0. The van der Waals surface area contributed by atoms with Gasteiger partial charge in [0, 0.05) is 14.2 Å². The summed E-state index contributed by atoms with van der Waals surface area (Å²) in [5.41, 5.74) is 0. The molecule has 0 aliphatic heterocycles. The molecule has 0 aromatic heterocycles. The maximum Gasteiger partial charge on any atom is 0.231 e. The Labute approximate surface area is 55.5 Å². The van der Waals surface area contributed by atoms with Crippen molar-refractivity contribution < 1.29 is 8.85 Å². The predicted octanol–water partition coefficient (Wildman–Crippen LogP) is 0.283. The Morgan fingerprint density at radius 2 is 1.50 bits per heavy atom. The van der Waals surface area contributed by atoms with Crippen molar-refractivity contribution in [1.82, 2.24) is 0 Å². The number of hydrogen-bond donors (Lipinski definition) is 0. The normalized spacial score (nSPS) is 10.5. The number of hydrogen-bond acceptors (Lipinski definition) is 2. The van der Waals surface area contributed by atoms with Crippen molar-refractivity contribution in [3.8, 4) is 0 Å². The van der Waals surface area contributed by atoms with Crippen LogP contribution in [0.2, 0.25) is 5.16 Å². The fourth-order valence-corrected chi connectivity index (χ4v) is 1.98. The summed E-state index contributed by atoms with van der Waals surface area (Å²) in [7, 11) is 4.60. The van der Waals surface area contributed by atoms with E-state index in [4.69, 9.17) is 8.85 Å². The molecule has 0 heterocycles. The zero-order valence-corrected chi connectivity index (χ0v) is 7.39. The van der Waals surface area contributed by atoms with Gasteiger partial charge in [-0.25, -0.2) is 0 Å². The fourth-order valence-electron chi connectivity index (χ4n) is 0.378. The monoisotopic (exact) mass is 146 g/mol. The third-order valence-corrected chi connectivity index (χ3v) is 2.47. The molecule has 0 aromatic rings. The van der Waals surface area contributed by atoms with E-state index in [0.717, 1.165) is 0 Å². The highest BCUT2D eigenvalue weighted by Gasteiger charge is 2.03. The van der Waals surface area contributed by atoms with Crippen LogP contribution in [-0.4, -0.2) is 33.7 Å². The molecule has 0 fully saturated rings. The second kappa shape index (κ2) is 5.49. The van der Waals surface area contributed by atoms with Crippen molar-refractivity contribution in [1.29, 1.82) is 0 Å². The van der Waals surface area contributed by atoms with Crippen molar-refractivity contribution in [2.24, 2.45) is 0 Å². The van der Waals surface area contributed by atoms with Crippen molar-refractivity contribution in [3.63, 3.8) is 0 Å². The van der Waals surface area contributed by atoms with Crippen LogP contribution in [-0.2, 0) is 8.85 Å². The summed E-state index contributed by atoms with van der Waals surface area (Å²) in [5, 5.41) is 0.574. The van der Waals surface area contributed by atoms with Gasteiger partial charge in [-0.15, -0.1) is 0 Å². The third-order valence-electron chi connectivity index (χ3n) is 0.589. The fraction of sp³-hybridized carbons (Fsp3) is 1.00. The largest absolute Gasteiger partial charge is 0.421 e. The summed E-state index contributed by atoms with van der Waals surface area (Å²) < 4.78 is 9.82. The summed E-state index contributed by atoms with van der Waals surface area (Å²) in [6.45, 7) is 2.11. The molecule has 0 saturated carbocycles. The van der Waals surface area contributed by atoms with Gasteiger partial charge in [0.2, 0.25) is 19.5 Å². The zero-order chi connectivity index (χ0) is 6.41. The van der Waals surface area contributed by atoms with Gasteiger partial charge in [0.25, 0.3) is 0 Å². The first-order valence-corrected chi connectivity index (χ1v) is 4.35. The topological polar surface area (TPSA) is 18.5 Å². The molecule has 0 bridgehead atoms. The van der Waals surface area contributed by atoms with Crippen LogP contribution in [0, 0.1) is 0 Å². The van der Waals surface area contributed by atoms with Gasteiger partial charge < -0.3 is 8.85 Å². The Hall–Kier alpha value is 0.354. The van der Waals surface area contributed by atoms with E-state index in [1.54, 1.807) is 14.2 Å². The molecule has 0 N–H and O–H groups in total. The molecule has 8 heavy (non-hydrogen) atoms. The molecule has 0 atom stereocenters. The standard InChI is InChI=1S/C4H10O2Si2/c1-4(7-5-2)8-6-3/h4H,1-3H3. The van der Waals surface area contributed by atoms with E-state index in [1.165, 1.54) is 0 Å². The number of rotatable bonds is 4. The van der Waals surface area contributed by atoms with Gasteiger partial charge in [-0.1, -0.05) is 6.92 Å². The van der Waals surface area contributed by atoms with Crippen LogP contribution in [0.1, 0.15) is 6.92 Å². The molecule has 4 radical (unpaired) electrons. The van der Waals surface area contributed by atoms with Gasteiger partial charge in [0.05, 0.1) is 0 Å². The van der Waals surface area contributed by atoms with Crippen LogP contribution in [0.25, 0.3) is 0 Å². The van der Waals surface area contributed by atoms with Gasteiger partial charge in [0.15, 0.2) is 0 Å². The molecular weight excluding hydrogens is 136 g/mol. The summed E-state index contributed by atoms with van der Waals surface area (Å²) in [5.74, 6) is 0. The minimum Gasteiger partial charge on any atom is -0.421 e. The molecule has 0 rings (SSSR count). The lowest BCUT2D eigenvalue weighted by atomic mass is 11.0. The lowest BCUT2D eigenvalue weighted by molar-refractivity contribution is 0.420. The van der Waals surface area contributed by atoms with E-state index in [1.807, 2.05) is 0 Å². The highest BCUT2D eigenvalue weighted by molar-refractivity contribution is 6.51. The summed E-state index contributed by atoms with van der Waals surface area (Å²) in [4.78, 5) is 0. The Morgan fingerprint density at radius 3 is 1.75 bits per heavy atom. The SMILES string of the molecule is CO[Si]C(C)[Si]OC. The molecule has 0 amide bonds. The highest BCUT2D eigenvalue weighted by Crippen LogP contribution is 1.95. The van der Waals surface area contributed by atoms with E-state index in [9.17, 15) is 0 Å². The summed E-state index contributed by atoms with van der Waals surface area (Å²) in [6, 6.07) is 0. The predicted molar refractivity (Wildman–Crippen MR) is 34.9 cm³/mol. The maximum atomic E-state index is 4.91. The van der Waals surface area contributed by atoms with E-state index in [-0.39, 0.29) is 0 Å².